The van der Waals surface area contributed by atoms with Crippen LogP contribution in [0.15, 0.2) is 18.2 Å². The Bertz CT molecular complexity index is 691. The van der Waals surface area contributed by atoms with Crippen LogP contribution in [0.1, 0.15) is 38.2 Å². The van der Waals surface area contributed by atoms with Gasteiger partial charge in [-0.25, -0.2) is 0 Å². The van der Waals surface area contributed by atoms with E-state index in [0.29, 0.717) is 42.7 Å². The molecule has 2 aliphatic heterocycles. The van der Waals surface area contributed by atoms with E-state index in [1.54, 1.807) is 6.07 Å². The number of aliphatic hydroxyl groups is 1. The summed E-state index contributed by atoms with van der Waals surface area (Å²) in [6.45, 7) is 4.53. The molecule has 1 aromatic carbocycles. The van der Waals surface area contributed by atoms with Crippen LogP contribution in [0.4, 0.5) is 0 Å². The number of benzene rings is 1. The highest BCUT2D eigenvalue weighted by Gasteiger charge is 2.38. The number of rotatable bonds is 6. The summed E-state index contributed by atoms with van der Waals surface area (Å²) in [6, 6.07) is 5.72. The van der Waals surface area contributed by atoms with Crippen molar-refractivity contribution in [1.29, 1.82) is 0 Å². The van der Waals surface area contributed by atoms with Crippen molar-refractivity contribution >= 4 is 29.1 Å². The third-order valence-electron chi connectivity index (χ3n) is 5.44. The summed E-state index contributed by atoms with van der Waals surface area (Å²) in [5.74, 6) is 0.0325. The van der Waals surface area contributed by atoms with E-state index in [0.717, 1.165) is 24.8 Å². The average molecular weight is 445 g/mol. The maximum absolute atomic E-state index is 12.1. The topological polar surface area (TPSA) is 71.0 Å². The highest BCUT2D eigenvalue weighted by Crippen LogP contribution is 2.30. The first-order chi connectivity index (χ1) is 14.0. The summed E-state index contributed by atoms with van der Waals surface area (Å²) < 4.78 is 11.9. The normalized spacial score (nSPS) is 28.3. The van der Waals surface area contributed by atoms with Crippen molar-refractivity contribution in [3.63, 3.8) is 0 Å². The lowest BCUT2D eigenvalue weighted by atomic mass is 9.94. The molecule has 2 saturated heterocycles. The minimum absolute atomic E-state index is 0.0325. The molecule has 29 heavy (non-hydrogen) atoms. The third kappa shape index (κ3) is 6.54. The molecule has 0 radical (unpaired) electrons. The Balaban J connectivity index is 1.67. The molecule has 0 spiro atoms. The van der Waals surface area contributed by atoms with Gasteiger partial charge in [0.05, 0.1) is 48.0 Å². The van der Waals surface area contributed by atoms with E-state index < -0.39 is 6.10 Å². The van der Waals surface area contributed by atoms with Crippen molar-refractivity contribution in [2.75, 3.05) is 26.3 Å². The van der Waals surface area contributed by atoms with Gasteiger partial charge in [-0.2, -0.15) is 0 Å². The molecule has 0 aliphatic carbocycles. The Morgan fingerprint density at radius 2 is 2.10 bits per heavy atom. The Morgan fingerprint density at radius 3 is 2.86 bits per heavy atom. The molecule has 0 bridgehead atoms. The van der Waals surface area contributed by atoms with Gasteiger partial charge < -0.3 is 19.9 Å². The van der Waals surface area contributed by atoms with E-state index >= 15 is 0 Å². The molecule has 4 atom stereocenters. The summed E-state index contributed by atoms with van der Waals surface area (Å²) in [4.78, 5) is 14.3. The van der Waals surface area contributed by atoms with Crippen LogP contribution < -0.4 is 5.32 Å². The van der Waals surface area contributed by atoms with Crippen LogP contribution in [-0.4, -0.2) is 66.6 Å². The molecular formula is C21H30Cl2N2O4. The van der Waals surface area contributed by atoms with Crippen LogP contribution in [0.25, 0.3) is 0 Å². The molecular weight excluding hydrogens is 415 g/mol. The van der Waals surface area contributed by atoms with Crippen molar-refractivity contribution in [3.8, 4) is 0 Å². The van der Waals surface area contributed by atoms with E-state index in [4.69, 9.17) is 32.7 Å². The van der Waals surface area contributed by atoms with Crippen molar-refractivity contribution < 1.29 is 19.4 Å². The van der Waals surface area contributed by atoms with Crippen molar-refractivity contribution in [2.45, 2.75) is 63.5 Å². The van der Waals surface area contributed by atoms with E-state index in [1.165, 1.54) is 0 Å². The molecule has 2 fully saturated rings. The number of hydrogen-bond acceptors (Lipinski definition) is 5. The number of β-amino-alcohol motifs (C(OH)–C–C–N with tert-alkyl or cyclic N) is 1. The van der Waals surface area contributed by atoms with Crippen LogP contribution in [0.2, 0.25) is 10.0 Å². The second kappa shape index (κ2) is 10.9. The average Bonchev–Trinajstić information content (AvgIpc) is 2.68. The summed E-state index contributed by atoms with van der Waals surface area (Å²) in [6.07, 6.45) is 2.18. The predicted octanol–water partition coefficient (Wildman–Crippen LogP) is 3.02. The van der Waals surface area contributed by atoms with E-state index in [9.17, 15) is 9.90 Å². The number of carbonyl (C=O) groups excluding carboxylic acids is 1. The van der Waals surface area contributed by atoms with Crippen LogP contribution in [0.5, 0.6) is 0 Å². The highest BCUT2D eigenvalue weighted by atomic mass is 35.5. The molecule has 0 aromatic heterocycles. The number of hydrogen-bond donors (Lipinski definition) is 2. The Hall–Kier alpha value is -0.890. The quantitative estimate of drug-likeness (QED) is 0.705. The molecule has 1 amide bonds. The first kappa shape index (κ1) is 22.8. The fourth-order valence-electron chi connectivity index (χ4n) is 4.04. The second-order valence-corrected chi connectivity index (χ2v) is 8.68. The van der Waals surface area contributed by atoms with Gasteiger partial charge in [-0.05, 0) is 37.0 Å². The monoisotopic (exact) mass is 444 g/mol. The number of aliphatic hydroxyl groups excluding tert-OH is 1. The van der Waals surface area contributed by atoms with Gasteiger partial charge in [0.2, 0.25) is 5.91 Å². The van der Waals surface area contributed by atoms with Crippen molar-refractivity contribution in [3.05, 3.63) is 33.8 Å². The summed E-state index contributed by atoms with van der Waals surface area (Å²) in [7, 11) is 0. The minimum Gasteiger partial charge on any atom is -0.389 e. The van der Waals surface area contributed by atoms with Gasteiger partial charge in [0, 0.05) is 25.7 Å². The highest BCUT2D eigenvalue weighted by molar-refractivity contribution is 6.42. The fourth-order valence-corrected chi connectivity index (χ4v) is 4.36. The zero-order valence-electron chi connectivity index (χ0n) is 16.8. The lowest BCUT2D eigenvalue weighted by molar-refractivity contribution is -0.158. The standard InChI is InChI=1S/C21H30Cl2N2O4/c1-2-7-24-21(27)9-16-4-6-19-20(29-16)13-28-12-15(26)11-25(19)10-14-3-5-17(22)18(23)8-14/h3,5,8,15-16,19-20,26H,2,4,6-7,9-13H2,1H3,(H,24,27)/t15-,16-,19-,20+/m0/s1. The number of ether oxygens (including phenoxy) is 2. The summed E-state index contributed by atoms with van der Waals surface area (Å²) >= 11 is 12.2. The number of halogens is 2. The zero-order valence-corrected chi connectivity index (χ0v) is 18.3. The Morgan fingerprint density at radius 1 is 1.28 bits per heavy atom. The summed E-state index contributed by atoms with van der Waals surface area (Å²) in [5.41, 5.74) is 1.04. The van der Waals surface area contributed by atoms with E-state index in [-0.39, 0.29) is 30.8 Å². The molecule has 0 unspecified atom stereocenters. The SMILES string of the molecule is CCCNC(=O)C[C@@H]1CC[C@H]2[C@@H](COC[C@@H](O)CN2Cc2ccc(Cl)c(Cl)c2)O1. The molecule has 2 heterocycles. The van der Waals surface area contributed by atoms with Gasteiger partial charge in [-0.15, -0.1) is 0 Å². The first-order valence-corrected chi connectivity index (χ1v) is 11.1. The largest absolute Gasteiger partial charge is 0.389 e. The smallest absolute Gasteiger partial charge is 0.222 e. The van der Waals surface area contributed by atoms with Gasteiger partial charge in [-0.1, -0.05) is 36.2 Å². The third-order valence-corrected chi connectivity index (χ3v) is 6.18. The number of fused-ring (bicyclic) bond motifs is 1. The molecule has 6 nitrogen and oxygen atoms in total. The zero-order chi connectivity index (χ0) is 20.8. The maximum atomic E-state index is 12.1. The van der Waals surface area contributed by atoms with Crippen LogP contribution in [0.3, 0.4) is 0 Å². The van der Waals surface area contributed by atoms with Gasteiger partial charge in [0.15, 0.2) is 0 Å². The first-order valence-electron chi connectivity index (χ1n) is 10.3. The van der Waals surface area contributed by atoms with Gasteiger partial charge in [0.25, 0.3) is 0 Å². The van der Waals surface area contributed by atoms with E-state index in [1.807, 2.05) is 19.1 Å². The molecule has 0 saturated carbocycles. The summed E-state index contributed by atoms with van der Waals surface area (Å²) in [5, 5.41) is 14.3. The van der Waals surface area contributed by atoms with Crippen molar-refractivity contribution in [1.82, 2.24) is 10.2 Å². The predicted molar refractivity (Wildman–Crippen MR) is 113 cm³/mol. The number of amides is 1. The molecule has 2 aliphatic rings. The maximum Gasteiger partial charge on any atom is 0.222 e. The molecule has 162 valence electrons. The second-order valence-electron chi connectivity index (χ2n) is 7.86. The molecule has 3 rings (SSSR count). The molecule has 8 heteroatoms. The van der Waals surface area contributed by atoms with Gasteiger partial charge >= 0.3 is 0 Å². The van der Waals surface area contributed by atoms with Crippen molar-refractivity contribution in [2.24, 2.45) is 0 Å². The van der Waals surface area contributed by atoms with Gasteiger partial charge in [0.1, 0.15) is 0 Å². The Labute approximate surface area is 182 Å². The van der Waals surface area contributed by atoms with Crippen LogP contribution in [-0.2, 0) is 20.8 Å². The lowest BCUT2D eigenvalue weighted by Crippen LogP contribution is -2.55. The number of nitrogens with one attached hydrogen (secondary N) is 1. The lowest BCUT2D eigenvalue weighted by Gasteiger charge is -2.44. The molecule has 1 aromatic rings. The van der Waals surface area contributed by atoms with Gasteiger partial charge in [-0.3, -0.25) is 9.69 Å². The van der Waals surface area contributed by atoms with Crippen LogP contribution >= 0.6 is 23.2 Å². The van der Waals surface area contributed by atoms with E-state index in [2.05, 4.69) is 10.2 Å². The Kier molecular flexibility index (Phi) is 8.59. The number of carbonyl (C=O) groups is 1. The van der Waals surface area contributed by atoms with Crippen LogP contribution in [0, 0.1) is 0 Å². The minimum atomic E-state index is -0.559. The molecule has 2 N–H and O–H groups in total. The fraction of sp³-hybridized carbons (Fsp3) is 0.667. The number of nitrogens with zero attached hydrogens (tertiary/aromatic N) is 1.